The molecule has 0 spiro atoms. The summed E-state index contributed by atoms with van der Waals surface area (Å²) in [5.74, 6) is -0.197. The first-order valence-electron chi connectivity index (χ1n) is 10.2. The van der Waals surface area contributed by atoms with Crippen molar-refractivity contribution in [3.8, 4) is 0 Å². The molecule has 164 valence electrons. The number of likely N-dealkylation sites (tertiary alicyclic amines) is 1. The third kappa shape index (κ3) is 3.78. The Morgan fingerprint density at radius 3 is 2.61 bits per heavy atom. The van der Waals surface area contributed by atoms with Gasteiger partial charge < -0.3 is 4.90 Å². The Morgan fingerprint density at radius 1 is 1.13 bits per heavy atom. The standard InChI is InChI=1S/C22H24ClN3O4S/c1-15-10-11-17(23)13-19(15)26-22(28)25(14-21(27)24-12-6-5-7-16(24)2)18-8-3-4-9-20(18)31(26,29)30/h3-4,8-11,13,16H,5-7,12,14H2,1-2H3/t16-/m0/s1. The molecular formula is C22H24ClN3O4S. The normalized spacial score (nSPS) is 20.5. The highest BCUT2D eigenvalue weighted by atomic mass is 35.5. The van der Waals surface area contributed by atoms with Gasteiger partial charge in [-0.1, -0.05) is 29.8 Å². The number of para-hydroxylation sites is 1. The van der Waals surface area contributed by atoms with Crippen LogP contribution in [0.2, 0.25) is 5.02 Å². The van der Waals surface area contributed by atoms with Crippen LogP contribution >= 0.6 is 11.6 Å². The predicted octanol–water partition coefficient (Wildman–Crippen LogP) is 4.18. The zero-order valence-electron chi connectivity index (χ0n) is 17.4. The summed E-state index contributed by atoms with van der Waals surface area (Å²) in [5, 5.41) is 0.312. The third-order valence-electron chi connectivity index (χ3n) is 5.89. The van der Waals surface area contributed by atoms with E-state index in [1.165, 1.54) is 17.0 Å². The van der Waals surface area contributed by atoms with Gasteiger partial charge in [-0.2, -0.15) is 4.31 Å². The van der Waals surface area contributed by atoms with Gasteiger partial charge in [-0.25, -0.2) is 13.2 Å². The van der Waals surface area contributed by atoms with Crippen LogP contribution in [-0.4, -0.2) is 44.4 Å². The van der Waals surface area contributed by atoms with Gasteiger partial charge >= 0.3 is 6.03 Å². The number of carbonyl (C=O) groups is 2. The van der Waals surface area contributed by atoms with Crippen molar-refractivity contribution >= 4 is 44.9 Å². The summed E-state index contributed by atoms with van der Waals surface area (Å²) >= 11 is 6.11. The van der Waals surface area contributed by atoms with E-state index in [1.54, 1.807) is 42.2 Å². The molecule has 1 atom stereocenters. The first-order chi connectivity index (χ1) is 14.7. The average molecular weight is 462 g/mol. The molecule has 4 rings (SSSR count). The summed E-state index contributed by atoms with van der Waals surface area (Å²) < 4.78 is 27.6. The first-order valence-corrected chi connectivity index (χ1v) is 12.0. The van der Waals surface area contributed by atoms with Crippen LogP contribution in [0.4, 0.5) is 16.2 Å². The van der Waals surface area contributed by atoms with E-state index in [0.717, 1.165) is 23.6 Å². The van der Waals surface area contributed by atoms with E-state index in [1.807, 2.05) is 6.92 Å². The molecule has 1 fully saturated rings. The Balaban J connectivity index is 1.79. The largest absolute Gasteiger partial charge is 0.343 e. The Hall–Kier alpha value is -2.58. The molecule has 1 saturated heterocycles. The zero-order valence-corrected chi connectivity index (χ0v) is 19.0. The number of aryl methyl sites for hydroxylation is 1. The zero-order chi connectivity index (χ0) is 22.3. The number of hydrogen-bond acceptors (Lipinski definition) is 4. The van der Waals surface area contributed by atoms with Crippen molar-refractivity contribution in [2.75, 3.05) is 22.3 Å². The molecule has 0 bridgehead atoms. The molecule has 2 aliphatic rings. The van der Waals surface area contributed by atoms with Crippen LogP contribution in [0, 0.1) is 6.92 Å². The van der Waals surface area contributed by atoms with E-state index in [4.69, 9.17) is 11.6 Å². The number of nitrogens with zero attached hydrogens (tertiary/aromatic N) is 3. The maximum absolute atomic E-state index is 13.5. The maximum Gasteiger partial charge on any atom is 0.343 e. The van der Waals surface area contributed by atoms with Crippen molar-refractivity contribution in [2.45, 2.75) is 44.0 Å². The van der Waals surface area contributed by atoms with Crippen LogP contribution in [0.25, 0.3) is 0 Å². The van der Waals surface area contributed by atoms with Crippen molar-refractivity contribution < 1.29 is 18.0 Å². The van der Waals surface area contributed by atoms with Crippen molar-refractivity contribution in [1.29, 1.82) is 0 Å². The molecule has 0 unspecified atom stereocenters. The van der Waals surface area contributed by atoms with Crippen LogP contribution in [0.1, 0.15) is 31.7 Å². The smallest absolute Gasteiger partial charge is 0.338 e. The Morgan fingerprint density at radius 2 is 1.87 bits per heavy atom. The quantitative estimate of drug-likeness (QED) is 0.686. The number of fused-ring (bicyclic) bond motifs is 1. The maximum atomic E-state index is 13.5. The topological polar surface area (TPSA) is 78.0 Å². The molecule has 0 saturated carbocycles. The minimum absolute atomic E-state index is 0.0199. The van der Waals surface area contributed by atoms with Crippen LogP contribution in [0.15, 0.2) is 47.4 Å². The third-order valence-corrected chi connectivity index (χ3v) is 7.86. The summed E-state index contributed by atoms with van der Waals surface area (Å²) in [5.41, 5.74) is 0.967. The molecule has 2 aromatic carbocycles. The molecule has 2 heterocycles. The fourth-order valence-corrected chi connectivity index (χ4v) is 6.01. The lowest BCUT2D eigenvalue weighted by atomic mass is 10.0. The van der Waals surface area contributed by atoms with Crippen LogP contribution in [-0.2, 0) is 14.8 Å². The second-order valence-corrected chi connectivity index (χ2v) is 10.2. The summed E-state index contributed by atoms with van der Waals surface area (Å²) in [6, 6.07) is 10.3. The van der Waals surface area contributed by atoms with Crippen LogP contribution in [0.5, 0.6) is 0 Å². The summed E-state index contributed by atoms with van der Waals surface area (Å²) in [6.45, 7) is 4.11. The molecule has 2 aromatic rings. The second kappa shape index (κ2) is 8.16. The van der Waals surface area contributed by atoms with Gasteiger partial charge in [0.2, 0.25) is 5.91 Å². The van der Waals surface area contributed by atoms with Crippen molar-refractivity contribution in [1.82, 2.24) is 4.90 Å². The van der Waals surface area contributed by atoms with E-state index in [9.17, 15) is 18.0 Å². The van der Waals surface area contributed by atoms with Gasteiger partial charge in [-0.3, -0.25) is 9.69 Å². The minimum atomic E-state index is -4.17. The average Bonchev–Trinajstić information content (AvgIpc) is 2.74. The summed E-state index contributed by atoms with van der Waals surface area (Å²) in [4.78, 5) is 29.6. The van der Waals surface area contributed by atoms with Crippen molar-refractivity contribution in [3.63, 3.8) is 0 Å². The summed E-state index contributed by atoms with van der Waals surface area (Å²) in [7, 11) is -4.17. The van der Waals surface area contributed by atoms with Crippen molar-refractivity contribution in [2.24, 2.45) is 0 Å². The van der Waals surface area contributed by atoms with Gasteiger partial charge in [0.25, 0.3) is 10.0 Å². The molecule has 9 heteroatoms. The molecular weight excluding hydrogens is 438 g/mol. The lowest BCUT2D eigenvalue weighted by Crippen LogP contribution is -2.55. The number of hydrogen-bond donors (Lipinski definition) is 0. The minimum Gasteiger partial charge on any atom is -0.338 e. The highest BCUT2D eigenvalue weighted by molar-refractivity contribution is 7.94. The fraction of sp³-hybridized carbons (Fsp3) is 0.364. The number of amides is 3. The van der Waals surface area contributed by atoms with Gasteiger partial charge in [0.05, 0.1) is 11.4 Å². The SMILES string of the molecule is Cc1ccc(Cl)cc1N1C(=O)N(CC(=O)N2CCCC[C@@H]2C)c2ccccc2S1(=O)=O. The van der Waals surface area contributed by atoms with E-state index < -0.39 is 16.1 Å². The predicted molar refractivity (Wildman–Crippen MR) is 120 cm³/mol. The molecule has 31 heavy (non-hydrogen) atoms. The molecule has 0 N–H and O–H groups in total. The lowest BCUT2D eigenvalue weighted by Gasteiger charge is -2.39. The molecule has 0 aromatic heterocycles. The number of sulfonamides is 1. The Labute approximate surface area is 187 Å². The monoisotopic (exact) mass is 461 g/mol. The number of rotatable bonds is 3. The lowest BCUT2D eigenvalue weighted by molar-refractivity contribution is -0.132. The highest BCUT2D eigenvalue weighted by Crippen LogP contribution is 2.39. The molecule has 7 nitrogen and oxygen atoms in total. The van der Waals surface area contributed by atoms with Gasteiger partial charge in [0.15, 0.2) is 0 Å². The van der Waals surface area contributed by atoms with Gasteiger partial charge in [-0.15, -0.1) is 0 Å². The van der Waals surface area contributed by atoms with Gasteiger partial charge in [0.1, 0.15) is 11.4 Å². The number of urea groups is 1. The Kier molecular flexibility index (Phi) is 5.70. The molecule has 0 radical (unpaired) electrons. The Bertz CT molecular complexity index is 1150. The number of carbonyl (C=O) groups excluding carboxylic acids is 2. The van der Waals surface area contributed by atoms with Crippen LogP contribution in [0.3, 0.4) is 0 Å². The number of piperidine rings is 1. The molecule has 2 aliphatic heterocycles. The van der Waals surface area contributed by atoms with Crippen LogP contribution < -0.4 is 9.21 Å². The molecule has 3 amide bonds. The van der Waals surface area contributed by atoms with E-state index in [0.29, 0.717) is 17.1 Å². The molecule has 0 aliphatic carbocycles. The first kappa shape index (κ1) is 21.6. The second-order valence-electron chi connectivity index (χ2n) is 7.97. The number of halogens is 1. The van der Waals surface area contributed by atoms with Gasteiger partial charge in [-0.05, 0) is 62.9 Å². The van der Waals surface area contributed by atoms with Crippen molar-refractivity contribution in [3.05, 3.63) is 53.1 Å². The van der Waals surface area contributed by atoms with E-state index in [-0.39, 0.29) is 34.8 Å². The fourth-order valence-electron chi connectivity index (χ4n) is 4.19. The number of anilines is 2. The van der Waals surface area contributed by atoms with Gasteiger partial charge in [0, 0.05) is 17.6 Å². The summed E-state index contributed by atoms with van der Waals surface area (Å²) in [6.07, 6.45) is 2.90. The van der Waals surface area contributed by atoms with E-state index >= 15 is 0 Å². The van der Waals surface area contributed by atoms with E-state index in [2.05, 4.69) is 0 Å². The highest BCUT2D eigenvalue weighted by Gasteiger charge is 2.44. The number of benzene rings is 2.